The smallest absolute Gasteiger partial charge is 0.290 e. The van der Waals surface area contributed by atoms with Gasteiger partial charge in [-0.15, -0.1) is 0 Å². The van der Waals surface area contributed by atoms with Gasteiger partial charge in [0.2, 0.25) is 0 Å². The molecule has 0 aliphatic carbocycles. The zero-order valence-corrected chi connectivity index (χ0v) is 16.0. The number of aliphatic hydroxyl groups is 1. The lowest BCUT2D eigenvalue weighted by atomic mass is 9.95. The molecule has 0 bridgehead atoms. The molecule has 150 valence electrons. The number of halogens is 1. The highest BCUT2D eigenvalue weighted by atomic mass is 19.1. The summed E-state index contributed by atoms with van der Waals surface area (Å²) < 4.78 is 18.4. The molecule has 0 saturated carbocycles. The first-order valence-corrected chi connectivity index (χ1v) is 9.29. The number of carbonyl (C=O) groups excluding carboxylic acids is 2. The maximum atomic E-state index is 13.4. The lowest BCUT2D eigenvalue weighted by Crippen LogP contribution is -2.32. The molecule has 1 aliphatic heterocycles. The first-order chi connectivity index (χ1) is 14.0. The van der Waals surface area contributed by atoms with Crippen molar-refractivity contribution < 1.29 is 23.8 Å². The maximum Gasteiger partial charge on any atom is 0.290 e. The SMILES string of the molecule is COCCCN1C(=O)C(O)=C(C(=O)/C=C/c2ccccc2)C1c1ccc(F)cc1. The van der Waals surface area contributed by atoms with Gasteiger partial charge in [-0.05, 0) is 35.8 Å². The topological polar surface area (TPSA) is 66.8 Å². The molecule has 1 aliphatic rings. The van der Waals surface area contributed by atoms with Crippen molar-refractivity contribution in [1.82, 2.24) is 4.90 Å². The van der Waals surface area contributed by atoms with Crippen LogP contribution in [0.25, 0.3) is 6.08 Å². The van der Waals surface area contributed by atoms with Gasteiger partial charge in [0.25, 0.3) is 5.91 Å². The molecule has 0 saturated heterocycles. The van der Waals surface area contributed by atoms with Gasteiger partial charge < -0.3 is 14.7 Å². The Morgan fingerprint density at radius 2 is 1.86 bits per heavy atom. The summed E-state index contributed by atoms with van der Waals surface area (Å²) in [5, 5.41) is 10.5. The van der Waals surface area contributed by atoms with E-state index in [-0.39, 0.29) is 12.1 Å². The third kappa shape index (κ3) is 4.60. The van der Waals surface area contributed by atoms with Gasteiger partial charge in [0.05, 0.1) is 11.6 Å². The monoisotopic (exact) mass is 395 g/mol. The summed E-state index contributed by atoms with van der Waals surface area (Å²) in [6.45, 7) is 0.718. The van der Waals surface area contributed by atoms with E-state index in [1.165, 1.54) is 35.2 Å². The molecule has 1 unspecified atom stereocenters. The van der Waals surface area contributed by atoms with Crippen LogP contribution in [0, 0.1) is 5.82 Å². The molecule has 0 fully saturated rings. The van der Waals surface area contributed by atoms with Crippen LogP contribution in [0.1, 0.15) is 23.6 Å². The largest absolute Gasteiger partial charge is 0.503 e. The number of benzene rings is 2. The van der Waals surface area contributed by atoms with Gasteiger partial charge >= 0.3 is 0 Å². The predicted molar refractivity (Wildman–Crippen MR) is 107 cm³/mol. The van der Waals surface area contributed by atoms with E-state index in [9.17, 15) is 19.1 Å². The third-order valence-corrected chi connectivity index (χ3v) is 4.73. The average molecular weight is 395 g/mol. The Labute approximate surface area is 168 Å². The zero-order valence-electron chi connectivity index (χ0n) is 16.0. The highest BCUT2D eigenvalue weighted by Gasteiger charge is 2.42. The number of aliphatic hydroxyl groups excluding tert-OH is 1. The van der Waals surface area contributed by atoms with Crippen LogP contribution in [0.4, 0.5) is 4.39 Å². The van der Waals surface area contributed by atoms with Crippen molar-refractivity contribution in [3.63, 3.8) is 0 Å². The Kier molecular flexibility index (Phi) is 6.57. The summed E-state index contributed by atoms with van der Waals surface area (Å²) in [4.78, 5) is 27.0. The molecular weight excluding hydrogens is 373 g/mol. The second-order valence-electron chi connectivity index (χ2n) is 6.67. The summed E-state index contributed by atoms with van der Waals surface area (Å²) in [6, 6.07) is 14.0. The van der Waals surface area contributed by atoms with Crippen LogP contribution in [-0.2, 0) is 14.3 Å². The predicted octanol–water partition coefficient (Wildman–Crippen LogP) is 3.84. The molecule has 1 atom stereocenters. The van der Waals surface area contributed by atoms with Gasteiger partial charge in [-0.2, -0.15) is 0 Å². The minimum absolute atomic E-state index is 0.00814. The van der Waals surface area contributed by atoms with Crippen molar-refractivity contribution in [1.29, 1.82) is 0 Å². The Balaban J connectivity index is 1.94. The minimum atomic E-state index is -0.784. The van der Waals surface area contributed by atoms with Crippen LogP contribution in [0.3, 0.4) is 0 Å². The summed E-state index contributed by atoms with van der Waals surface area (Å²) in [6.07, 6.45) is 3.50. The number of methoxy groups -OCH3 is 1. The van der Waals surface area contributed by atoms with Crippen molar-refractivity contribution in [2.45, 2.75) is 12.5 Å². The number of carbonyl (C=O) groups is 2. The fourth-order valence-corrected chi connectivity index (χ4v) is 3.33. The molecule has 2 aromatic carbocycles. The highest BCUT2D eigenvalue weighted by Crippen LogP contribution is 2.38. The van der Waals surface area contributed by atoms with Gasteiger partial charge in [0, 0.05) is 20.3 Å². The molecule has 2 aromatic rings. The summed E-state index contributed by atoms with van der Waals surface area (Å²) in [5.74, 6) is -2.08. The average Bonchev–Trinajstić information content (AvgIpc) is 2.98. The summed E-state index contributed by atoms with van der Waals surface area (Å²) in [5.41, 5.74) is 1.37. The van der Waals surface area contributed by atoms with Gasteiger partial charge in [-0.25, -0.2) is 4.39 Å². The van der Waals surface area contributed by atoms with E-state index in [2.05, 4.69) is 0 Å². The van der Waals surface area contributed by atoms with E-state index < -0.39 is 29.3 Å². The molecular formula is C23H22FNO4. The van der Waals surface area contributed by atoms with Crippen molar-refractivity contribution in [2.75, 3.05) is 20.3 Å². The van der Waals surface area contributed by atoms with E-state index in [0.29, 0.717) is 18.6 Å². The maximum absolute atomic E-state index is 13.4. The Bertz CT molecular complexity index is 935. The van der Waals surface area contributed by atoms with Crippen molar-refractivity contribution in [3.05, 3.63) is 88.9 Å². The minimum Gasteiger partial charge on any atom is -0.503 e. The van der Waals surface area contributed by atoms with Crippen LogP contribution < -0.4 is 0 Å². The number of ether oxygens (including phenoxy) is 1. The number of rotatable bonds is 8. The Hall–Kier alpha value is -3.25. The first-order valence-electron chi connectivity index (χ1n) is 9.29. The van der Waals surface area contributed by atoms with E-state index >= 15 is 0 Å². The number of allylic oxidation sites excluding steroid dienone is 1. The number of ketones is 1. The van der Waals surface area contributed by atoms with Crippen LogP contribution in [0.2, 0.25) is 0 Å². The quantitative estimate of drug-likeness (QED) is 0.545. The van der Waals surface area contributed by atoms with Crippen LogP contribution in [-0.4, -0.2) is 42.0 Å². The third-order valence-electron chi connectivity index (χ3n) is 4.73. The van der Waals surface area contributed by atoms with Crippen molar-refractivity contribution in [3.8, 4) is 0 Å². The van der Waals surface area contributed by atoms with Gasteiger partial charge in [0.1, 0.15) is 5.82 Å². The molecule has 0 aromatic heterocycles. The van der Waals surface area contributed by atoms with E-state index in [4.69, 9.17) is 4.74 Å². The fourth-order valence-electron chi connectivity index (χ4n) is 3.33. The lowest BCUT2D eigenvalue weighted by molar-refractivity contribution is -0.129. The molecule has 1 heterocycles. The molecule has 0 radical (unpaired) electrons. The van der Waals surface area contributed by atoms with E-state index in [1.807, 2.05) is 30.3 Å². The normalized spacial score (nSPS) is 16.8. The van der Waals surface area contributed by atoms with Crippen LogP contribution in [0.5, 0.6) is 0 Å². The molecule has 1 amide bonds. The number of nitrogens with zero attached hydrogens (tertiary/aromatic N) is 1. The molecule has 5 nitrogen and oxygen atoms in total. The number of amides is 1. The summed E-state index contributed by atoms with van der Waals surface area (Å²) in [7, 11) is 1.56. The van der Waals surface area contributed by atoms with Gasteiger partial charge in [-0.1, -0.05) is 48.5 Å². The molecule has 1 N–H and O–H groups in total. The van der Waals surface area contributed by atoms with E-state index in [0.717, 1.165) is 5.56 Å². The Morgan fingerprint density at radius 1 is 1.17 bits per heavy atom. The van der Waals surface area contributed by atoms with Gasteiger partial charge in [-0.3, -0.25) is 9.59 Å². The first kappa shape index (κ1) is 20.5. The highest BCUT2D eigenvalue weighted by molar-refractivity contribution is 6.14. The molecule has 3 rings (SSSR count). The molecule has 0 spiro atoms. The lowest BCUT2D eigenvalue weighted by Gasteiger charge is -2.26. The van der Waals surface area contributed by atoms with Crippen molar-refractivity contribution in [2.24, 2.45) is 0 Å². The standard InChI is InChI=1S/C23H22FNO4/c1-29-15-5-14-25-21(17-9-11-18(24)12-10-17)20(22(27)23(25)28)19(26)13-8-16-6-3-2-4-7-16/h2-4,6-13,21,27H,5,14-15H2,1H3/b13-8+. The second-order valence-corrected chi connectivity index (χ2v) is 6.67. The fraction of sp³-hybridized carbons (Fsp3) is 0.217. The van der Waals surface area contributed by atoms with Crippen LogP contribution >= 0.6 is 0 Å². The zero-order chi connectivity index (χ0) is 20.8. The molecule has 6 heteroatoms. The Morgan fingerprint density at radius 3 is 2.52 bits per heavy atom. The van der Waals surface area contributed by atoms with Gasteiger partial charge in [0.15, 0.2) is 11.5 Å². The van der Waals surface area contributed by atoms with Crippen molar-refractivity contribution >= 4 is 17.8 Å². The van der Waals surface area contributed by atoms with E-state index in [1.54, 1.807) is 13.2 Å². The number of hydrogen-bond donors (Lipinski definition) is 1. The second kappa shape index (κ2) is 9.30. The van der Waals surface area contributed by atoms with Crippen LogP contribution in [0.15, 0.2) is 72.0 Å². The summed E-state index contributed by atoms with van der Waals surface area (Å²) >= 11 is 0. The molecule has 29 heavy (non-hydrogen) atoms. The number of hydrogen-bond acceptors (Lipinski definition) is 4.